The van der Waals surface area contributed by atoms with Crippen LogP contribution in [0.25, 0.3) is 10.9 Å². The second-order valence-electron chi connectivity index (χ2n) is 8.34. The largest absolute Gasteiger partial charge is 0.338 e. The third-order valence-electron chi connectivity index (χ3n) is 5.93. The normalized spacial score (nSPS) is 14.2. The Labute approximate surface area is 209 Å². The molecule has 0 radical (unpaired) electrons. The van der Waals surface area contributed by atoms with Crippen LogP contribution in [-0.4, -0.2) is 73.7 Å². The van der Waals surface area contributed by atoms with Gasteiger partial charge in [0.15, 0.2) is 9.84 Å². The van der Waals surface area contributed by atoms with Crippen molar-refractivity contribution in [3.63, 3.8) is 0 Å². The first-order valence-corrected chi connectivity index (χ1v) is 13.6. The van der Waals surface area contributed by atoms with E-state index in [1.807, 2.05) is 12.1 Å². The van der Waals surface area contributed by atoms with Crippen molar-refractivity contribution in [1.82, 2.24) is 20.1 Å². The van der Waals surface area contributed by atoms with Gasteiger partial charge in [0.05, 0.1) is 16.2 Å². The van der Waals surface area contributed by atoms with E-state index in [1.165, 1.54) is 0 Å². The fourth-order valence-electron chi connectivity index (χ4n) is 4.04. The second kappa shape index (κ2) is 11.0. The van der Waals surface area contributed by atoms with E-state index >= 15 is 0 Å². The van der Waals surface area contributed by atoms with Crippen molar-refractivity contribution in [2.75, 3.05) is 38.6 Å². The number of hydrogen-bond donors (Lipinski definition) is 1. The predicted octanol–water partition coefficient (Wildman–Crippen LogP) is 3.31. The van der Waals surface area contributed by atoms with Gasteiger partial charge in [-0.25, -0.2) is 13.2 Å². The average Bonchev–Trinajstić information content (AvgIpc) is 2.88. The van der Waals surface area contributed by atoms with Crippen LogP contribution in [0.15, 0.2) is 65.7 Å². The number of rotatable bonds is 7. The van der Waals surface area contributed by atoms with Gasteiger partial charge in [-0.3, -0.25) is 9.78 Å². The molecule has 0 bridgehead atoms. The average molecular weight is 515 g/mol. The van der Waals surface area contributed by atoms with Crippen LogP contribution in [0, 0.1) is 0 Å². The van der Waals surface area contributed by atoms with Crippen LogP contribution in [0.2, 0.25) is 0 Å². The summed E-state index contributed by atoms with van der Waals surface area (Å²) < 4.78 is 26.2. The highest BCUT2D eigenvalue weighted by atomic mass is 35.5. The first-order valence-electron chi connectivity index (χ1n) is 11.4. The standard InChI is InChI=1S/C25H27ClN4O4S/c26-11-3-13-28-25(32)30-16-14-29(15-17-30)24(31)21-9-7-19(8-10-21)18-35(33,34)22-6-1-4-20-5-2-12-27-23(20)22/h1-2,4-10,12H,3,11,13-18H2,(H,28,32). The number of alkyl halides is 1. The summed E-state index contributed by atoms with van der Waals surface area (Å²) in [7, 11) is -3.62. The summed E-state index contributed by atoms with van der Waals surface area (Å²) in [6.45, 7) is 2.31. The van der Waals surface area contributed by atoms with Gasteiger partial charge in [-0.1, -0.05) is 30.3 Å². The van der Waals surface area contributed by atoms with Crippen LogP contribution in [0.4, 0.5) is 4.79 Å². The molecule has 10 heteroatoms. The van der Waals surface area contributed by atoms with Gasteiger partial charge in [-0.2, -0.15) is 0 Å². The summed E-state index contributed by atoms with van der Waals surface area (Å²) in [6.07, 6.45) is 2.29. The Morgan fingerprint density at radius 3 is 2.34 bits per heavy atom. The van der Waals surface area contributed by atoms with E-state index in [0.29, 0.717) is 61.7 Å². The maximum atomic E-state index is 13.1. The summed E-state index contributed by atoms with van der Waals surface area (Å²) in [5, 5.41) is 3.59. The Morgan fingerprint density at radius 1 is 0.943 bits per heavy atom. The first kappa shape index (κ1) is 24.9. The van der Waals surface area contributed by atoms with Crippen molar-refractivity contribution in [3.05, 3.63) is 71.9 Å². The number of sulfone groups is 1. The Bertz CT molecular complexity index is 1300. The third-order valence-corrected chi connectivity index (χ3v) is 7.91. The zero-order valence-corrected chi connectivity index (χ0v) is 20.8. The van der Waals surface area contributed by atoms with E-state index in [2.05, 4.69) is 10.3 Å². The highest BCUT2D eigenvalue weighted by Gasteiger charge is 2.25. The van der Waals surface area contributed by atoms with Crippen LogP contribution in [0.1, 0.15) is 22.3 Å². The van der Waals surface area contributed by atoms with E-state index < -0.39 is 9.84 Å². The molecular formula is C25H27ClN4O4S. The Hall–Kier alpha value is -3.17. The van der Waals surface area contributed by atoms with Crippen molar-refractivity contribution >= 4 is 44.3 Å². The molecule has 0 unspecified atom stereocenters. The van der Waals surface area contributed by atoms with E-state index in [0.717, 1.165) is 5.39 Å². The number of nitrogens with one attached hydrogen (secondary N) is 1. The molecular weight excluding hydrogens is 488 g/mol. The Kier molecular flexibility index (Phi) is 7.87. The number of aromatic nitrogens is 1. The van der Waals surface area contributed by atoms with Crippen LogP contribution in [0.5, 0.6) is 0 Å². The fraction of sp³-hybridized carbons (Fsp3) is 0.320. The molecule has 4 rings (SSSR count). The lowest BCUT2D eigenvalue weighted by Gasteiger charge is -2.34. The molecule has 3 amide bonds. The highest BCUT2D eigenvalue weighted by molar-refractivity contribution is 7.90. The molecule has 1 fully saturated rings. The molecule has 2 heterocycles. The second-order valence-corrected chi connectivity index (χ2v) is 10.7. The molecule has 0 atom stereocenters. The van der Waals surface area contributed by atoms with E-state index in [9.17, 15) is 18.0 Å². The topological polar surface area (TPSA) is 99.7 Å². The van der Waals surface area contributed by atoms with Gasteiger partial charge >= 0.3 is 6.03 Å². The zero-order valence-electron chi connectivity index (χ0n) is 19.2. The van der Waals surface area contributed by atoms with Gasteiger partial charge in [-0.05, 0) is 36.2 Å². The maximum Gasteiger partial charge on any atom is 0.317 e. The van der Waals surface area contributed by atoms with Crippen LogP contribution in [0.3, 0.4) is 0 Å². The van der Waals surface area contributed by atoms with Crippen LogP contribution >= 0.6 is 11.6 Å². The Morgan fingerprint density at radius 2 is 1.63 bits per heavy atom. The summed E-state index contributed by atoms with van der Waals surface area (Å²) >= 11 is 5.63. The number of piperazine rings is 1. The van der Waals surface area contributed by atoms with Gasteiger partial charge in [0.2, 0.25) is 0 Å². The number of halogens is 1. The van der Waals surface area contributed by atoms with Gasteiger partial charge in [0.25, 0.3) is 5.91 Å². The number of urea groups is 1. The molecule has 184 valence electrons. The minimum atomic E-state index is -3.62. The fourth-order valence-corrected chi connectivity index (χ4v) is 5.71. The van der Waals surface area contributed by atoms with E-state index in [-0.39, 0.29) is 22.6 Å². The van der Waals surface area contributed by atoms with Gasteiger partial charge in [0, 0.05) is 55.8 Å². The van der Waals surface area contributed by atoms with Crippen molar-refractivity contribution in [1.29, 1.82) is 0 Å². The summed E-state index contributed by atoms with van der Waals surface area (Å²) in [5.41, 5.74) is 1.53. The molecule has 1 saturated heterocycles. The van der Waals surface area contributed by atoms with E-state index in [1.54, 1.807) is 58.5 Å². The summed E-state index contributed by atoms with van der Waals surface area (Å²) in [5.74, 6) is 0.169. The lowest BCUT2D eigenvalue weighted by Crippen LogP contribution is -2.53. The molecule has 8 nitrogen and oxygen atoms in total. The number of pyridine rings is 1. The molecule has 1 aromatic heterocycles. The number of hydrogen-bond acceptors (Lipinski definition) is 5. The smallest absolute Gasteiger partial charge is 0.317 e. The predicted molar refractivity (Wildman–Crippen MR) is 135 cm³/mol. The zero-order chi connectivity index (χ0) is 24.8. The molecule has 1 aliphatic heterocycles. The third kappa shape index (κ3) is 5.91. The monoisotopic (exact) mass is 514 g/mol. The molecule has 0 aliphatic carbocycles. The lowest BCUT2D eigenvalue weighted by atomic mass is 10.1. The molecule has 3 aromatic rings. The minimum absolute atomic E-state index is 0.139. The van der Waals surface area contributed by atoms with Gasteiger partial charge in [0.1, 0.15) is 0 Å². The number of benzene rings is 2. The molecule has 0 spiro atoms. The molecule has 1 N–H and O–H groups in total. The van der Waals surface area contributed by atoms with Crippen LogP contribution in [-0.2, 0) is 15.6 Å². The maximum absolute atomic E-state index is 13.1. The summed E-state index contributed by atoms with van der Waals surface area (Å²) in [6, 6.07) is 15.2. The number of carbonyl (C=O) groups excluding carboxylic acids is 2. The van der Waals surface area contributed by atoms with Gasteiger partial charge < -0.3 is 15.1 Å². The van der Waals surface area contributed by atoms with E-state index in [4.69, 9.17) is 11.6 Å². The first-order chi connectivity index (χ1) is 16.9. The highest BCUT2D eigenvalue weighted by Crippen LogP contribution is 2.24. The van der Waals surface area contributed by atoms with Crippen molar-refractivity contribution in [3.8, 4) is 0 Å². The quantitative estimate of drug-likeness (QED) is 0.385. The summed E-state index contributed by atoms with van der Waals surface area (Å²) in [4.78, 5) is 32.9. The number of nitrogens with zero attached hydrogens (tertiary/aromatic N) is 3. The SMILES string of the molecule is O=C(NCCCCl)N1CCN(C(=O)c2ccc(CS(=O)(=O)c3cccc4cccnc34)cc2)CC1. The molecule has 2 aromatic carbocycles. The minimum Gasteiger partial charge on any atom is -0.338 e. The van der Waals surface area contributed by atoms with Crippen molar-refractivity contribution in [2.45, 2.75) is 17.1 Å². The van der Waals surface area contributed by atoms with Crippen molar-refractivity contribution in [2.24, 2.45) is 0 Å². The number of para-hydroxylation sites is 1. The number of carbonyl (C=O) groups is 2. The number of amides is 3. The molecule has 35 heavy (non-hydrogen) atoms. The van der Waals surface area contributed by atoms with Crippen LogP contribution < -0.4 is 5.32 Å². The Balaban J connectivity index is 1.37. The lowest BCUT2D eigenvalue weighted by molar-refractivity contribution is 0.0665. The number of fused-ring (bicyclic) bond motifs is 1. The molecule has 1 aliphatic rings. The van der Waals surface area contributed by atoms with Gasteiger partial charge in [-0.15, -0.1) is 11.6 Å². The van der Waals surface area contributed by atoms with Crippen molar-refractivity contribution < 1.29 is 18.0 Å². The molecule has 0 saturated carbocycles.